The minimum Gasteiger partial charge on any atom is -0.383 e. The molecule has 2 amide bonds. The average molecular weight is 478 g/mol. The second-order valence-electron chi connectivity index (χ2n) is 10.9. The zero-order valence-electron chi connectivity index (χ0n) is 20.3. The van der Waals surface area contributed by atoms with Crippen molar-refractivity contribution in [3.8, 4) is 10.6 Å². The van der Waals surface area contributed by atoms with Gasteiger partial charge in [-0.05, 0) is 73.8 Å². The maximum atomic E-state index is 13.8. The van der Waals surface area contributed by atoms with E-state index >= 15 is 0 Å². The third-order valence-electron chi connectivity index (χ3n) is 8.58. The van der Waals surface area contributed by atoms with Crippen LogP contribution in [0.15, 0.2) is 41.8 Å². The molecule has 0 radical (unpaired) electrons. The molecule has 0 atom stereocenters. The molecule has 0 unspecified atom stereocenters. The summed E-state index contributed by atoms with van der Waals surface area (Å²) >= 11 is 1.75. The Kier molecular flexibility index (Phi) is 5.69. The van der Waals surface area contributed by atoms with Crippen molar-refractivity contribution in [2.24, 2.45) is 24.8 Å². The summed E-state index contributed by atoms with van der Waals surface area (Å²) in [6.07, 6.45) is 7.63. The van der Waals surface area contributed by atoms with Crippen molar-refractivity contribution in [1.82, 2.24) is 14.8 Å². The summed E-state index contributed by atoms with van der Waals surface area (Å²) in [5.41, 5.74) is 3.64. The predicted octanol–water partition coefficient (Wildman–Crippen LogP) is 6.03. The molecule has 34 heavy (non-hydrogen) atoms. The van der Waals surface area contributed by atoms with Crippen molar-refractivity contribution in [2.75, 3.05) is 20.3 Å². The van der Waals surface area contributed by atoms with E-state index in [2.05, 4.69) is 58.7 Å². The monoisotopic (exact) mass is 477 g/mol. The van der Waals surface area contributed by atoms with Crippen LogP contribution >= 0.6 is 11.3 Å². The maximum Gasteiger partial charge on any atom is 0.318 e. The summed E-state index contributed by atoms with van der Waals surface area (Å²) in [6.45, 7) is 1.70. The van der Waals surface area contributed by atoms with Crippen LogP contribution in [0, 0.1) is 17.8 Å². The Morgan fingerprint density at radius 3 is 2.47 bits per heavy atom. The molecule has 0 aliphatic heterocycles. The van der Waals surface area contributed by atoms with Gasteiger partial charge in [-0.15, -0.1) is 11.3 Å². The summed E-state index contributed by atoms with van der Waals surface area (Å²) in [5.74, 6) is 2.42. The van der Waals surface area contributed by atoms with Crippen molar-refractivity contribution in [3.05, 3.63) is 47.3 Å². The van der Waals surface area contributed by atoms with Gasteiger partial charge in [-0.1, -0.05) is 24.3 Å². The fraction of sp³-hybridized carbons (Fsp3) is 0.536. The van der Waals surface area contributed by atoms with Gasteiger partial charge in [0.15, 0.2) is 0 Å². The molecule has 180 valence electrons. The first-order valence-corrected chi connectivity index (χ1v) is 13.6. The van der Waals surface area contributed by atoms with E-state index in [4.69, 9.17) is 4.74 Å². The number of nitrogens with one attached hydrogen (secondary N) is 1. The molecule has 4 aliphatic rings. The lowest BCUT2D eigenvalue weighted by atomic mass is 9.53. The van der Waals surface area contributed by atoms with E-state index in [9.17, 15) is 4.79 Å². The van der Waals surface area contributed by atoms with E-state index < -0.39 is 0 Å². The van der Waals surface area contributed by atoms with Crippen LogP contribution in [-0.4, -0.2) is 41.3 Å². The Bertz CT molecular complexity index is 1150. The SMILES string of the molecule is COCCN(Cc1c(-c2cccs2)n(C)c2ccccc12)C(=O)NC12CC3CC(CC(C3)C1)C2. The van der Waals surface area contributed by atoms with Crippen LogP contribution in [0.4, 0.5) is 4.79 Å². The lowest BCUT2D eigenvalue weighted by Crippen LogP contribution is -2.62. The minimum atomic E-state index is 0.00644. The van der Waals surface area contributed by atoms with Crippen LogP contribution in [-0.2, 0) is 18.3 Å². The maximum absolute atomic E-state index is 13.8. The van der Waals surface area contributed by atoms with Gasteiger partial charge in [0.25, 0.3) is 0 Å². The summed E-state index contributed by atoms with van der Waals surface area (Å²) < 4.78 is 7.70. The number of methoxy groups -OCH3 is 1. The van der Waals surface area contributed by atoms with E-state index in [-0.39, 0.29) is 11.6 Å². The van der Waals surface area contributed by atoms with Gasteiger partial charge in [-0.3, -0.25) is 0 Å². The number of ether oxygens (including phenoxy) is 1. The Hall–Kier alpha value is -2.31. The van der Waals surface area contributed by atoms with E-state index in [0.29, 0.717) is 19.7 Å². The van der Waals surface area contributed by atoms with Crippen LogP contribution in [0.25, 0.3) is 21.5 Å². The number of carbonyl (C=O) groups excluding carboxylic acids is 1. The number of nitrogens with zero attached hydrogens (tertiary/aromatic N) is 2. The normalized spacial score (nSPS) is 27.4. The number of para-hydroxylation sites is 1. The van der Waals surface area contributed by atoms with E-state index in [1.54, 1.807) is 18.4 Å². The molecule has 4 aliphatic carbocycles. The van der Waals surface area contributed by atoms with Crippen LogP contribution in [0.2, 0.25) is 0 Å². The summed E-state index contributed by atoms with van der Waals surface area (Å²) in [7, 11) is 3.85. The Morgan fingerprint density at radius 1 is 1.12 bits per heavy atom. The van der Waals surface area contributed by atoms with Gasteiger partial charge < -0.3 is 19.5 Å². The molecule has 7 rings (SSSR count). The number of rotatable bonds is 7. The van der Waals surface area contributed by atoms with E-state index in [0.717, 1.165) is 17.8 Å². The molecule has 4 fully saturated rings. The van der Waals surface area contributed by atoms with Gasteiger partial charge in [-0.25, -0.2) is 4.79 Å². The first-order valence-electron chi connectivity index (χ1n) is 12.7. The second-order valence-corrected chi connectivity index (χ2v) is 11.9. The fourth-order valence-corrected chi connectivity index (χ4v) is 8.41. The van der Waals surface area contributed by atoms with Gasteiger partial charge >= 0.3 is 6.03 Å². The largest absolute Gasteiger partial charge is 0.383 e. The number of amides is 2. The lowest BCUT2D eigenvalue weighted by molar-refractivity contribution is -0.0161. The molecule has 3 aromatic rings. The number of thiophene rings is 1. The molecule has 2 aromatic heterocycles. The van der Waals surface area contributed by atoms with E-state index in [1.807, 2.05) is 4.90 Å². The van der Waals surface area contributed by atoms with Gasteiger partial charge in [0.05, 0.1) is 23.7 Å². The first kappa shape index (κ1) is 22.2. The molecular weight excluding hydrogens is 442 g/mol. The third kappa shape index (κ3) is 3.85. The predicted molar refractivity (Wildman–Crippen MR) is 138 cm³/mol. The molecule has 2 heterocycles. The molecule has 0 spiro atoms. The second kappa shape index (κ2) is 8.72. The third-order valence-corrected chi connectivity index (χ3v) is 9.45. The van der Waals surface area contributed by atoms with Crippen molar-refractivity contribution in [1.29, 1.82) is 0 Å². The molecular formula is C28H35N3O2S. The minimum absolute atomic E-state index is 0.00644. The van der Waals surface area contributed by atoms with Crippen molar-refractivity contribution in [2.45, 2.75) is 50.6 Å². The van der Waals surface area contributed by atoms with Crippen LogP contribution < -0.4 is 5.32 Å². The number of urea groups is 1. The van der Waals surface area contributed by atoms with Gasteiger partial charge in [0.2, 0.25) is 0 Å². The van der Waals surface area contributed by atoms with Crippen molar-refractivity contribution >= 4 is 28.3 Å². The zero-order valence-corrected chi connectivity index (χ0v) is 21.1. The molecule has 0 saturated heterocycles. The highest BCUT2D eigenvalue weighted by molar-refractivity contribution is 7.13. The number of hydrogen-bond donors (Lipinski definition) is 1. The van der Waals surface area contributed by atoms with Gasteiger partial charge in [0, 0.05) is 42.7 Å². The number of aryl methyl sites for hydroxylation is 1. The van der Waals surface area contributed by atoms with Gasteiger partial charge in [0.1, 0.15) is 0 Å². The number of hydrogen-bond acceptors (Lipinski definition) is 3. The molecule has 4 saturated carbocycles. The molecule has 6 heteroatoms. The quantitative estimate of drug-likeness (QED) is 0.451. The highest BCUT2D eigenvalue weighted by atomic mass is 32.1. The standard InChI is InChI=1S/C28H35N3O2S/c1-30-24-7-4-3-6-22(24)23(26(30)25-8-5-11-34-25)18-31(9-10-33-2)27(32)29-28-15-19-12-20(16-28)14-21(13-19)17-28/h3-8,11,19-21H,9-10,12-18H2,1-2H3,(H,29,32). The summed E-state index contributed by atoms with van der Waals surface area (Å²) in [5, 5.41) is 6.94. The van der Waals surface area contributed by atoms with Crippen molar-refractivity contribution < 1.29 is 9.53 Å². The van der Waals surface area contributed by atoms with Crippen molar-refractivity contribution in [3.63, 3.8) is 0 Å². The Labute approximate surface area is 206 Å². The van der Waals surface area contributed by atoms with Crippen LogP contribution in [0.3, 0.4) is 0 Å². The summed E-state index contributed by atoms with van der Waals surface area (Å²) in [6, 6.07) is 12.9. The van der Waals surface area contributed by atoms with E-state index in [1.165, 1.54) is 65.6 Å². The number of carbonyl (C=O) groups is 1. The Balaban J connectivity index is 1.32. The molecule has 1 N–H and O–H groups in total. The smallest absolute Gasteiger partial charge is 0.318 e. The highest BCUT2D eigenvalue weighted by Crippen LogP contribution is 2.55. The molecule has 4 bridgehead atoms. The zero-order chi connectivity index (χ0) is 23.3. The lowest BCUT2D eigenvalue weighted by Gasteiger charge is -2.57. The topological polar surface area (TPSA) is 46.5 Å². The van der Waals surface area contributed by atoms with Crippen LogP contribution in [0.1, 0.15) is 44.1 Å². The first-order chi connectivity index (χ1) is 16.5. The van der Waals surface area contributed by atoms with Crippen LogP contribution in [0.5, 0.6) is 0 Å². The Morgan fingerprint density at radius 2 is 1.82 bits per heavy atom. The molecule has 1 aromatic carbocycles. The fourth-order valence-electron chi connectivity index (χ4n) is 7.57. The number of fused-ring (bicyclic) bond motifs is 1. The number of aromatic nitrogens is 1. The average Bonchev–Trinajstić information content (AvgIpc) is 3.42. The highest BCUT2D eigenvalue weighted by Gasteiger charge is 2.51. The van der Waals surface area contributed by atoms with Gasteiger partial charge in [-0.2, -0.15) is 0 Å². The number of benzene rings is 1. The molecule has 5 nitrogen and oxygen atoms in total. The summed E-state index contributed by atoms with van der Waals surface area (Å²) in [4.78, 5) is 17.1.